The number of ether oxygens (including phenoxy) is 1. The molecule has 1 aromatic carbocycles. The van der Waals surface area contributed by atoms with E-state index in [0.717, 1.165) is 0 Å². The number of nitrogen functional groups attached to an aromatic ring is 1. The molecule has 0 aromatic heterocycles. The van der Waals surface area contributed by atoms with Gasteiger partial charge in [0.1, 0.15) is 6.61 Å². The molecule has 0 aliphatic heterocycles. The van der Waals surface area contributed by atoms with Crippen molar-refractivity contribution in [3.63, 3.8) is 0 Å². The van der Waals surface area contributed by atoms with Crippen molar-refractivity contribution in [1.82, 2.24) is 0 Å². The maximum Gasteiger partial charge on any atom is 0.411 e. The molecule has 18 heavy (non-hydrogen) atoms. The molecular formula is C11H14F3NO3. The number of carbonyl (C=O) groups excluding carboxylic acids is 1. The zero-order chi connectivity index (χ0) is 14.2. The highest BCUT2D eigenvalue weighted by Gasteiger charge is 2.24. The summed E-state index contributed by atoms with van der Waals surface area (Å²) in [6.45, 7) is 0.436. The molecule has 0 spiro atoms. The molecule has 0 bridgehead atoms. The van der Waals surface area contributed by atoms with Gasteiger partial charge in [-0.25, -0.2) is 4.79 Å². The first-order valence-corrected chi connectivity index (χ1v) is 5.00. The summed E-state index contributed by atoms with van der Waals surface area (Å²) in [6.07, 6.45) is -4.40. The summed E-state index contributed by atoms with van der Waals surface area (Å²) in [6, 6.07) is 6.64. The minimum absolute atomic E-state index is 0.308. The van der Waals surface area contributed by atoms with Crippen LogP contribution in [-0.2, 0) is 4.74 Å². The van der Waals surface area contributed by atoms with Gasteiger partial charge in [-0.2, -0.15) is 13.2 Å². The van der Waals surface area contributed by atoms with Crippen molar-refractivity contribution in [2.24, 2.45) is 0 Å². The van der Waals surface area contributed by atoms with Crippen LogP contribution in [0.1, 0.15) is 17.3 Å². The summed E-state index contributed by atoms with van der Waals surface area (Å²) in [4.78, 5) is 11.1. The van der Waals surface area contributed by atoms with E-state index in [-0.39, 0.29) is 5.97 Å². The van der Waals surface area contributed by atoms with E-state index in [0.29, 0.717) is 17.9 Å². The number of esters is 1. The van der Waals surface area contributed by atoms with Crippen molar-refractivity contribution < 1.29 is 27.8 Å². The van der Waals surface area contributed by atoms with Crippen LogP contribution < -0.4 is 5.73 Å². The summed E-state index contributed by atoms with van der Waals surface area (Å²) in [5.41, 5.74) is 6.62. The largest absolute Gasteiger partial charge is 0.462 e. The molecule has 4 nitrogen and oxygen atoms in total. The first-order chi connectivity index (χ1) is 8.30. The van der Waals surface area contributed by atoms with E-state index < -0.39 is 12.8 Å². The molecular weight excluding hydrogens is 251 g/mol. The molecule has 1 rings (SSSR count). The Kier molecular flexibility index (Phi) is 6.81. The molecule has 0 saturated carbocycles. The topological polar surface area (TPSA) is 72.5 Å². The highest BCUT2D eigenvalue weighted by atomic mass is 19.4. The first kappa shape index (κ1) is 16.2. The molecule has 0 radical (unpaired) electrons. The Bertz CT molecular complexity index is 363. The van der Waals surface area contributed by atoms with E-state index in [4.69, 9.17) is 15.6 Å². The first-order valence-electron chi connectivity index (χ1n) is 5.00. The molecule has 7 heteroatoms. The molecule has 0 heterocycles. The van der Waals surface area contributed by atoms with Gasteiger partial charge >= 0.3 is 12.1 Å². The van der Waals surface area contributed by atoms with Crippen LogP contribution in [0.2, 0.25) is 0 Å². The van der Waals surface area contributed by atoms with E-state index >= 15 is 0 Å². The van der Waals surface area contributed by atoms with E-state index in [9.17, 15) is 18.0 Å². The molecule has 0 amide bonds. The number of hydrogen-bond acceptors (Lipinski definition) is 4. The summed E-state index contributed by atoms with van der Waals surface area (Å²) in [5.74, 6) is -0.308. The number of rotatable bonds is 2. The highest BCUT2D eigenvalue weighted by Crippen LogP contribution is 2.11. The van der Waals surface area contributed by atoms with Crippen LogP contribution in [0.4, 0.5) is 18.9 Å². The normalized spacial score (nSPS) is 10.3. The Morgan fingerprint density at radius 2 is 1.78 bits per heavy atom. The number of nitrogens with two attached hydrogens (primary N) is 1. The SMILES string of the molecule is CCOC(=O)c1ccc(N)cc1.OCC(F)(F)F. The van der Waals surface area contributed by atoms with Crippen molar-refractivity contribution in [2.75, 3.05) is 18.9 Å². The number of halogens is 3. The predicted octanol–water partition coefficient (Wildman–Crippen LogP) is 1.99. The lowest BCUT2D eigenvalue weighted by Crippen LogP contribution is -2.12. The number of aliphatic hydroxyl groups is 1. The second-order valence-corrected chi connectivity index (χ2v) is 3.12. The third-order valence-electron chi connectivity index (χ3n) is 1.60. The van der Waals surface area contributed by atoms with Crippen molar-refractivity contribution in [3.8, 4) is 0 Å². The second-order valence-electron chi connectivity index (χ2n) is 3.12. The van der Waals surface area contributed by atoms with Gasteiger partial charge in [-0.15, -0.1) is 0 Å². The van der Waals surface area contributed by atoms with Gasteiger partial charge in [0, 0.05) is 5.69 Å². The van der Waals surface area contributed by atoms with Crippen LogP contribution in [0.25, 0.3) is 0 Å². The average molecular weight is 265 g/mol. The lowest BCUT2D eigenvalue weighted by atomic mass is 10.2. The van der Waals surface area contributed by atoms with Crippen LogP contribution in [0.5, 0.6) is 0 Å². The van der Waals surface area contributed by atoms with Crippen molar-refractivity contribution in [1.29, 1.82) is 0 Å². The fourth-order valence-corrected chi connectivity index (χ4v) is 0.834. The van der Waals surface area contributed by atoms with Gasteiger partial charge in [0.25, 0.3) is 0 Å². The van der Waals surface area contributed by atoms with Crippen LogP contribution in [-0.4, -0.2) is 30.5 Å². The van der Waals surface area contributed by atoms with Crippen LogP contribution >= 0.6 is 0 Å². The van der Waals surface area contributed by atoms with Crippen LogP contribution in [0, 0.1) is 0 Å². The average Bonchev–Trinajstić information content (AvgIpc) is 2.30. The Morgan fingerprint density at radius 1 is 1.33 bits per heavy atom. The van der Waals surface area contributed by atoms with Crippen LogP contribution in [0.3, 0.4) is 0 Å². The molecule has 0 aliphatic carbocycles. The monoisotopic (exact) mass is 265 g/mol. The zero-order valence-electron chi connectivity index (χ0n) is 9.70. The van der Waals surface area contributed by atoms with Crippen molar-refractivity contribution in [2.45, 2.75) is 13.1 Å². The number of aliphatic hydroxyl groups excluding tert-OH is 1. The minimum atomic E-state index is -4.40. The van der Waals surface area contributed by atoms with E-state index in [1.54, 1.807) is 31.2 Å². The summed E-state index contributed by atoms with van der Waals surface area (Å²) in [7, 11) is 0. The Hall–Kier alpha value is -1.76. The highest BCUT2D eigenvalue weighted by molar-refractivity contribution is 5.89. The molecule has 102 valence electrons. The molecule has 0 saturated heterocycles. The van der Waals surface area contributed by atoms with Gasteiger partial charge in [-0.1, -0.05) is 0 Å². The smallest absolute Gasteiger partial charge is 0.411 e. The third-order valence-corrected chi connectivity index (χ3v) is 1.60. The lowest BCUT2D eigenvalue weighted by Gasteiger charge is -2.00. The molecule has 0 aliphatic rings. The number of alkyl halides is 3. The van der Waals surface area contributed by atoms with Crippen molar-refractivity contribution in [3.05, 3.63) is 29.8 Å². The number of hydrogen-bond donors (Lipinski definition) is 2. The number of benzene rings is 1. The van der Waals surface area contributed by atoms with Gasteiger partial charge in [-0.3, -0.25) is 0 Å². The summed E-state index contributed by atoms with van der Waals surface area (Å²) in [5, 5.41) is 7.28. The number of anilines is 1. The van der Waals surface area contributed by atoms with E-state index in [1.807, 2.05) is 0 Å². The summed E-state index contributed by atoms with van der Waals surface area (Å²) >= 11 is 0. The Labute approximate surface area is 102 Å². The maximum absolute atomic E-state index is 11.1. The maximum atomic E-state index is 11.1. The molecule has 1 aromatic rings. The van der Waals surface area contributed by atoms with E-state index in [2.05, 4.69) is 0 Å². The fraction of sp³-hybridized carbons (Fsp3) is 0.364. The van der Waals surface area contributed by atoms with Crippen LogP contribution in [0.15, 0.2) is 24.3 Å². The summed E-state index contributed by atoms with van der Waals surface area (Å²) < 4.78 is 36.4. The van der Waals surface area contributed by atoms with Gasteiger partial charge < -0.3 is 15.6 Å². The van der Waals surface area contributed by atoms with Gasteiger partial charge in [0.05, 0.1) is 12.2 Å². The van der Waals surface area contributed by atoms with Gasteiger partial charge in [0.2, 0.25) is 0 Å². The fourth-order valence-electron chi connectivity index (χ4n) is 0.834. The minimum Gasteiger partial charge on any atom is -0.462 e. The third kappa shape index (κ3) is 7.50. The zero-order valence-corrected chi connectivity index (χ0v) is 9.70. The quantitative estimate of drug-likeness (QED) is 0.633. The van der Waals surface area contributed by atoms with Gasteiger partial charge in [-0.05, 0) is 31.2 Å². The molecule has 0 unspecified atom stereocenters. The standard InChI is InChI=1S/C9H11NO2.C2H3F3O/c1-2-12-9(11)7-3-5-8(10)6-4-7;3-2(4,5)1-6/h3-6H,2,10H2,1H3;6H,1H2. The predicted molar refractivity (Wildman–Crippen MR) is 60.0 cm³/mol. The Morgan fingerprint density at radius 3 is 2.11 bits per heavy atom. The molecule has 3 N–H and O–H groups in total. The van der Waals surface area contributed by atoms with E-state index in [1.165, 1.54) is 0 Å². The Balaban J connectivity index is 0.000000411. The second kappa shape index (κ2) is 7.54. The molecule has 0 atom stereocenters. The number of carbonyl (C=O) groups is 1. The van der Waals surface area contributed by atoms with Crippen molar-refractivity contribution >= 4 is 11.7 Å². The van der Waals surface area contributed by atoms with Gasteiger partial charge in [0.15, 0.2) is 0 Å². The molecule has 0 fully saturated rings. The lowest BCUT2D eigenvalue weighted by molar-refractivity contribution is -0.159.